The number of carbonyl (C=O) groups is 1. The van der Waals surface area contributed by atoms with Crippen LogP contribution in [-0.4, -0.2) is 46.1 Å². The Hall–Kier alpha value is -1.66. The Bertz CT molecular complexity index is 601. The molecule has 1 aromatic heterocycles. The number of halogens is 2. The molecule has 5 nitrogen and oxygen atoms in total. The summed E-state index contributed by atoms with van der Waals surface area (Å²) in [5, 5.41) is 7.60. The Morgan fingerprint density at radius 3 is 2.83 bits per heavy atom. The second-order valence-corrected chi connectivity index (χ2v) is 7.35. The molecule has 3 rings (SSSR count). The fraction of sp³-hybridized carbons (Fsp3) is 0.765. The molecule has 1 fully saturated rings. The van der Waals surface area contributed by atoms with Crippen LogP contribution in [0.25, 0.3) is 0 Å². The molecule has 0 bridgehead atoms. The summed E-state index contributed by atoms with van der Waals surface area (Å²) >= 11 is 0. The van der Waals surface area contributed by atoms with Crippen molar-refractivity contribution in [2.45, 2.75) is 58.5 Å². The lowest BCUT2D eigenvalue weighted by Crippen LogP contribution is -2.49. The van der Waals surface area contributed by atoms with Gasteiger partial charge in [0, 0.05) is 31.1 Å². The van der Waals surface area contributed by atoms with E-state index in [4.69, 9.17) is 0 Å². The molecule has 24 heavy (non-hydrogen) atoms. The van der Waals surface area contributed by atoms with Gasteiger partial charge in [0.15, 0.2) is 0 Å². The number of aryl methyl sites for hydroxylation is 1. The molecule has 1 amide bonds. The molecule has 0 saturated carbocycles. The fourth-order valence-electron chi connectivity index (χ4n) is 3.91. The molecule has 0 spiro atoms. The fourth-order valence-corrected chi connectivity index (χ4v) is 3.91. The number of aromatic nitrogens is 2. The van der Waals surface area contributed by atoms with E-state index >= 15 is 0 Å². The van der Waals surface area contributed by atoms with Gasteiger partial charge >= 0.3 is 0 Å². The number of fused-ring (bicyclic) bond motifs is 1. The lowest BCUT2D eigenvalue weighted by molar-refractivity contribution is -0.136. The molecule has 0 aliphatic carbocycles. The largest absolute Gasteiger partial charge is 0.367 e. The number of anilines is 1. The van der Waals surface area contributed by atoms with Crippen molar-refractivity contribution >= 4 is 11.7 Å². The maximum absolute atomic E-state index is 13.5. The van der Waals surface area contributed by atoms with E-state index in [0.29, 0.717) is 18.8 Å². The molecular formula is C17H26F2N4O. The van der Waals surface area contributed by atoms with Crippen LogP contribution in [0, 0.1) is 18.8 Å². The van der Waals surface area contributed by atoms with Gasteiger partial charge in [0.25, 0.3) is 6.43 Å². The van der Waals surface area contributed by atoms with Gasteiger partial charge in [0.1, 0.15) is 11.9 Å². The maximum Gasteiger partial charge on any atom is 0.260 e. The zero-order valence-electron chi connectivity index (χ0n) is 14.5. The number of amides is 1. The van der Waals surface area contributed by atoms with Gasteiger partial charge in [-0.05, 0) is 32.1 Å². The van der Waals surface area contributed by atoms with E-state index in [-0.39, 0.29) is 23.8 Å². The third-order valence-corrected chi connectivity index (χ3v) is 5.12. The van der Waals surface area contributed by atoms with Gasteiger partial charge < -0.3 is 10.2 Å². The predicted octanol–water partition coefficient (Wildman–Crippen LogP) is 3.08. The van der Waals surface area contributed by atoms with Gasteiger partial charge in [0.05, 0.1) is 5.69 Å². The summed E-state index contributed by atoms with van der Waals surface area (Å²) in [7, 11) is 0. The van der Waals surface area contributed by atoms with Gasteiger partial charge in [-0.25, -0.2) is 13.5 Å². The van der Waals surface area contributed by atoms with E-state index in [9.17, 15) is 13.6 Å². The monoisotopic (exact) mass is 340 g/mol. The standard InChI is InChI=1S/C17H26F2N4O/c1-10(2)17(24)22-6-4-5-12(9-22)13-8-14(16(18)19)23-15(20-13)7-11(3)21-23/h7,10,12-14,16,20H,4-6,8-9H2,1-3H3/t12-,13+,14-/m1/s1. The van der Waals surface area contributed by atoms with E-state index in [2.05, 4.69) is 10.4 Å². The molecule has 2 aliphatic heterocycles. The van der Waals surface area contributed by atoms with Crippen LogP contribution in [0.2, 0.25) is 0 Å². The van der Waals surface area contributed by atoms with Gasteiger partial charge in [-0.1, -0.05) is 13.8 Å². The molecule has 0 radical (unpaired) electrons. The Labute approximate surface area is 141 Å². The molecule has 134 valence electrons. The number of hydrogen-bond acceptors (Lipinski definition) is 3. The van der Waals surface area contributed by atoms with Crippen LogP contribution in [0.3, 0.4) is 0 Å². The number of carbonyl (C=O) groups excluding carboxylic acids is 1. The Balaban J connectivity index is 1.76. The molecule has 3 atom stereocenters. The van der Waals surface area contributed by atoms with Crippen LogP contribution in [0.1, 0.15) is 44.8 Å². The highest BCUT2D eigenvalue weighted by Crippen LogP contribution is 2.36. The third kappa shape index (κ3) is 3.26. The number of nitrogens with zero attached hydrogens (tertiary/aromatic N) is 3. The summed E-state index contributed by atoms with van der Waals surface area (Å²) in [6, 6.07) is 0.882. The van der Waals surface area contributed by atoms with Crippen molar-refractivity contribution in [2.75, 3.05) is 18.4 Å². The summed E-state index contributed by atoms with van der Waals surface area (Å²) in [6.45, 7) is 7.04. The number of hydrogen-bond donors (Lipinski definition) is 1. The van der Waals surface area contributed by atoms with Gasteiger partial charge in [0.2, 0.25) is 5.91 Å². The first kappa shape index (κ1) is 17.2. The van der Waals surface area contributed by atoms with E-state index in [1.807, 2.05) is 31.7 Å². The summed E-state index contributed by atoms with van der Waals surface area (Å²) in [6.07, 6.45) is -0.202. The first-order valence-corrected chi connectivity index (χ1v) is 8.76. The summed E-state index contributed by atoms with van der Waals surface area (Å²) in [5.74, 6) is 0.996. The lowest BCUT2D eigenvalue weighted by Gasteiger charge is -2.41. The number of rotatable bonds is 3. The average molecular weight is 340 g/mol. The van der Waals surface area contributed by atoms with Gasteiger partial charge in [-0.15, -0.1) is 0 Å². The van der Waals surface area contributed by atoms with Crippen molar-refractivity contribution in [2.24, 2.45) is 11.8 Å². The molecule has 1 saturated heterocycles. The minimum atomic E-state index is -2.44. The van der Waals surface area contributed by atoms with Crippen molar-refractivity contribution < 1.29 is 13.6 Å². The highest BCUT2D eigenvalue weighted by molar-refractivity contribution is 5.78. The van der Waals surface area contributed by atoms with Crippen LogP contribution >= 0.6 is 0 Å². The molecule has 1 aromatic rings. The van der Waals surface area contributed by atoms with Crippen molar-refractivity contribution in [3.63, 3.8) is 0 Å². The smallest absolute Gasteiger partial charge is 0.260 e. The molecule has 3 heterocycles. The first-order valence-electron chi connectivity index (χ1n) is 8.76. The SMILES string of the molecule is Cc1cc2n(n1)[C@@H](C(F)F)C[C@@H]([C@@H]1CCCN(C(=O)C(C)C)C1)N2. The van der Waals surface area contributed by atoms with E-state index in [1.54, 1.807) is 0 Å². The normalized spacial score (nSPS) is 27.3. The Kier molecular flexibility index (Phi) is 4.78. The number of piperidine rings is 1. The highest BCUT2D eigenvalue weighted by atomic mass is 19.3. The zero-order chi connectivity index (χ0) is 17.4. The Morgan fingerprint density at radius 2 is 2.17 bits per heavy atom. The van der Waals surface area contributed by atoms with Crippen LogP contribution in [0.4, 0.5) is 14.6 Å². The number of alkyl halides is 2. The van der Waals surface area contributed by atoms with E-state index in [1.165, 1.54) is 4.68 Å². The minimum Gasteiger partial charge on any atom is -0.367 e. The Morgan fingerprint density at radius 1 is 1.42 bits per heavy atom. The summed E-state index contributed by atoms with van der Waals surface area (Å²) in [5.41, 5.74) is 0.740. The van der Waals surface area contributed by atoms with Crippen LogP contribution in [0.5, 0.6) is 0 Å². The molecule has 7 heteroatoms. The van der Waals surface area contributed by atoms with Crippen molar-refractivity contribution in [1.29, 1.82) is 0 Å². The van der Waals surface area contributed by atoms with E-state index in [0.717, 1.165) is 25.1 Å². The average Bonchev–Trinajstić information content (AvgIpc) is 2.92. The molecule has 1 N–H and O–H groups in total. The summed E-state index contributed by atoms with van der Waals surface area (Å²) < 4.78 is 28.4. The lowest BCUT2D eigenvalue weighted by atomic mass is 9.85. The highest BCUT2D eigenvalue weighted by Gasteiger charge is 2.38. The third-order valence-electron chi connectivity index (χ3n) is 5.12. The van der Waals surface area contributed by atoms with Crippen molar-refractivity contribution in [1.82, 2.24) is 14.7 Å². The van der Waals surface area contributed by atoms with Crippen molar-refractivity contribution in [3.8, 4) is 0 Å². The van der Waals surface area contributed by atoms with Crippen LogP contribution in [-0.2, 0) is 4.79 Å². The predicted molar refractivity (Wildman–Crippen MR) is 88.2 cm³/mol. The van der Waals surface area contributed by atoms with Crippen LogP contribution < -0.4 is 5.32 Å². The number of likely N-dealkylation sites (tertiary alicyclic amines) is 1. The number of nitrogens with one attached hydrogen (secondary N) is 1. The van der Waals surface area contributed by atoms with Gasteiger partial charge in [-0.3, -0.25) is 4.79 Å². The summed E-state index contributed by atoms with van der Waals surface area (Å²) in [4.78, 5) is 14.2. The molecular weight excluding hydrogens is 314 g/mol. The molecule has 0 unspecified atom stereocenters. The molecule has 0 aromatic carbocycles. The second-order valence-electron chi connectivity index (χ2n) is 7.35. The maximum atomic E-state index is 13.5. The first-order chi connectivity index (χ1) is 11.4. The second kappa shape index (κ2) is 6.69. The van der Waals surface area contributed by atoms with Crippen LogP contribution in [0.15, 0.2) is 6.07 Å². The quantitative estimate of drug-likeness (QED) is 0.920. The zero-order valence-corrected chi connectivity index (χ0v) is 14.5. The topological polar surface area (TPSA) is 50.2 Å². The van der Waals surface area contributed by atoms with Gasteiger partial charge in [-0.2, -0.15) is 5.10 Å². The van der Waals surface area contributed by atoms with E-state index < -0.39 is 12.5 Å². The van der Waals surface area contributed by atoms with Crippen molar-refractivity contribution in [3.05, 3.63) is 11.8 Å². The minimum absolute atomic E-state index is 0.0269. The molecule has 2 aliphatic rings.